The summed E-state index contributed by atoms with van der Waals surface area (Å²) in [5.74, 6) is -0.789. The van der Waals surface area contributed by atoms with Crippen LogP contribution in [0, 0.1) is 19.7 Å². The summed E-state index contributed by atoms with van der Waals surface area (Å²) in [5.41, 5.74) is 7.46. The standard InChI is InChI=1S/C17H17FN6O2/c1-10-14(11(2)24-17(21-10)19-9-20-24)7-8-15(25)22-23-16(26)12-3-5-13(18)6-4-12/h3-6,9H,7-8H2,1-2H3,(H,22,25)(H,23,26). The second kappa shape index (κ2) is 7.26. The van der Waals surface area contributed by atoms with Gasteiger partial charge in [0.1, 0.15) is 12.1 Å². The fourth-order valence-electron chi connectivity index (χ4n) is 2.62. The van der Waals surface area contributed by atoms with Gasteiger partial charge in [-0.05, 0) is 50.1 Å². The van der Waals surface area contributed by atoms with Gasteiger partial charge in [-0.3, -0.25) is 20.4 Å². The van der Waals surface area contributed by atoms with Crippen LogP contribution in [0.25, 0.3) is 5.78 Å². The summed E-state index contributed by atoms with van der Waals surface area (Å²) >= 11 is 0. The van der Waals surface area contributed by atoms with Crippen LogP contribution in [0.2, 0.25) is 0 Å². The average molecular weight is 356 g/mol. The van der Waals surface area contributed by atoms with Gasteiger partial charge in [0, 0.05) is 23.4 Å². The van der Waals surface area contributed by atoms with Crippen molar-refractivity contribution in [3.8, 4) is 0 Å². The molecule has 134 valence electrons. The first kappa shape index (κ1) is 17.5. The van der Waals surface area contributed by atoms with Crippen LogP contribution < -0.4 is 10.9 Å². The van der Waals surface area contributed by atoms with Crippen molar-refractivity contribution in [1.29, 1.82) is 0 Å². The molecular weight excluding hydrogens is 339 g/mol. The monoisotopic (exact) mass is 356 g/mol. The van der Waals surface area contributed by atoms with Crippen molar-refractivity contribution in [2.24, 2.45) is 0 Å². The Balaban J connectivity index is 1.57. The minimum Gasteiger partial charge on any atom is -0.273 e. The number of rotatable bonds is 4. The molecule has 0 bridgehead atoms. The number of carbonyl (C=O) groups is 2. The molecule has 1 aromatic carbocycles. The zero-order chi connectivity index (χ0) is 18.7. The van der Waals surface area contributed by atoms with Crippen molar-refractivity contribution < 1.29 is 14.0 Å². The van der Waals surface area contributed by atoms with E-state index in [4.69, 9.17) is 0 Å². The van der Waals surface area contributed by atoms with Gasteiger partial charge in [-0.2, -0.15) is 10.1 Å². The molecule has 3 rings (SSSR count). The van der Waals surface area contributed by atoms with Crippen LogP contribution in [0.4, 0.5) is 4.39 Å². The Morgan fingerprint density at radius 1 is 1.15 bits per heavy atom. The number of nitrogens with zero attached hydrogens (tertiary/aromatic N) is 4. The molecule has 2 N–H and O–H groups in total. The van der Waals surface area contributed by atoms with Crippen LogP contribution in [0.5, 0.6) is 0 Å². The van der Waals surface area contributed by atoms with E-state index in [9.17, 15) is 14.0 Å². The molecule has 0 aliphatic rings. The first-order chi connectivity index (χ1) is 12.5. The predicted octanol–water partition coefficient (Wildman–Crippen LogP) is 1.27. The lowest BCUT2D eigenvalue weighted by molar-refractivity contribution is -0.121. The molecule has 26 heavy (non-hydrogen) atoms. The summed E-state index contributed by atoms with van der Waals surface area (Å²) in [6, 6.07) is 5.02. The molecule has 0 spiro atoms. The van der Waals surface area contributed by atoms with Gasteiger partial charge >= 0.3 is 0 Å². The zero-order valence-electron chi connectivity index (χ0n) is 14.3. The number of halogens is 1. The van der Waals surface area contributed by atoms with E-state index in [1.165, 1.54) is 30.6 Å². The number of hydrogen-bond donors (Lipinski definition) is 2. The van der Waals surface area contributed by atoms with Crippen LogP contribution in [0.15, 0.2) is 30.6 Å². The molecule has 0 atom stereocenters. The van der Waals surface area contributed by atoms with Crippen LogP contribution >= 0.6 is 0 Å². The lowest BCUT2D eigenvalue weighted by Crippen LogP contribution is -2.41. The number of carbonyl (C=O) groups excluding carboxylic acids is 2. The van der Waals surface area contributed by atoms with E-state index in [0.29, 0.717) is 12.2 Å². The fraction of sp³-hybridized carbons (Fsp3) is 0.235. The highest BCUT2D eigenvalue weighted by Crippen LogP contribution is 2.14. The van der Waals surface area contributed by atoms with Gasteiger partial charge in [-0.25, -0.2) is 13.9 Å². The molecule has 0 aliphatic heterocycles. The van der Waals surface area contributed by atoms with E-state index in [0.717, 1.165) is 17.0 Å². The Kier molecular flexibility index (Phi) is 4.87. The number of fused-ring (bicyclic) bond motifs is 1. The molecule has 0 saturated heterocycles. The molecule has 2 heterocycles. The van der Waals surface area contributed by atoms with Gasteiger partial charge in [-0.15, -0.1) is 0 Å². The SMILES string of the molecule is Cc1nc2ncnn2c(C)c1CCC(=O)NNC(=O)c1ccc(F)cc1. The molecule has 2 amide bonds. The minimum absolute atomic E-state index is 0.160. The van der Waals surface area contributed by atoms with Crippen LogP contribution in [0.3, 0.4) is 0 Å². The maximum atomic E-state index is 12.9. The Morgan fingerprint density at radius 3 is 2.62 bits per heavy atom. The highest BCUT2D eigenvalue weighted by molar-refractivity contribution is 5.95. The second-order valence-electron chi connectivity index (χ2n) is 5.74. The van der Waals surface area contributed by atoms with Crippen molar-refractivity contribution in [2.75, 3.05) is 0 Å². The van der Waals surface area contributed by atoms with E-state index >= 15 is 0 Å². The van der Waals surface area contributed by atoms with E-state index in [1.807, 2.05) is 13.8 Å². The summed E-state index contributed by atoms with van der Waals surface area (Å²) < 4.78 is 14.5. The van der Waals surface area contributed by atoms with Crippen molar-refractivity contribution in [3.05, 3.63) is 58.9 Å². The number of hydrogen-bond acceptors (Lipinski definition) is 5. The van der Waals surface area contributed by atoms with Crippen LogP contribution in [-0.2, 0) is 11.2 Å². The topological polar surface area (TPSA) is 101 Å². The van der Waals surface area contributed by atoms with Crippen molar-refractivity contribution >= 4 is 17.6 Å². The lowest BCUT2D eigenvalue weighted by atomic mass is 10.1. The first-order valence-electron chi connectivity index (χ1n) is 7.96. The maximum absolute atomic E-state index is 12.9. The van der Waals surface area contributed by atoms with Gasteiger partial charge < -0.3 is 0 Å². The molecule has 0 saturated carbocycles. The summed E-state index contributed by atoms with van der Waals surface area (Å²) in [6.07, 6.45) is 2.03. The molecule has 3 aromatic rings. The first-order valence-corrected chi connectivity index (χ1v) is 7.96. The molecule has 0 aliphatic carbocycles. The average Bonchev–Trinajstić information content (AvgIpc) is 3.08. The quantitative estimate of drug-likeness (QED) is 0.686. The highest BCUT2D eigenvalue weighted by atomic mass is 19.1. The normalized spacial score (nSPS) is 10.7. The van der Waals surface area contributed by atoms with Gasteiger partial charge in [0.15, 0.2) is 0 Å². The molecular formula is C17H17FN6O2. The van der Waals surface area contributed by atoms with Crippen LogP contribution in [-0.4, -0.2) is 31.4 Å². The zero-order valence-corrected chi connectivity index (χ0v) is 14.3. The summed E-state index contributed by atoms with van der Waals surface area (Å²) in [6.45, 7) is 3.74. The Bertz CT molecular complexity index is 967. The van der Waals surface area contributed by atoms with Gasteiger partial charge in [0.05, 0.1) is 0 Å². The number of aromatic nitrogens is 4. The third-order valence-electron chi connectivity index (χ3n) is 4.01. The fourth-order valence-corrected chi connectivity index (χ4v) is 2.62. The Morgan fingerprint density at radius 2 is 1.88 bits per heavy atom. The van der Waals surface area contributed by atoms with E-state index in [-0.39, 0.29) is 17.9 Å². The number of nitrogens with one attached hydrogen (secondary N) is 2. The van der Waals surface area contributed by atoms with E-state index < -0.39 is 11.7 Å². The van der Waals surface area contributed by atoms with Gasteiger partial charge in [0.25, 0.3) is 11.7 Å². The largest absolute Gasteiger partial charge is 0.273 e. The number of benzene rings is 1. The van der Waals surface area contributed by atoms with Gasteiger partial charge in [-0.1, -0.05) is 0 Å². The molecule has 8 nitrogen and oxygen atoms in total. The van der Waals surface area contributed by atoms with E-state index in [2.05, 4.69) is 25.9 Å². The molecule has 9 heteroatoms. The van der Waals surface area contributed by atoms with E-state index in [1.54, 1.807) is 4.52 Å². The van der Waals surface area contributed by atoms with Crippen molar-refractivity contribution in [3.63, 3.8) is 0 Å². The lowest BCUT2D eigenvalue weighted by Gasteiger charge is -2.11. The predicted molar refractivity (Wildman–Crippen MR) is 90.6 cm³/mol. The van der Waals surface area contributed by atoms with Gasteiger partial charge in [0.2, 0.25) is 5.91 Å². The molecule has 0 radical (unpaired) electrons. The Hall–Kier alpha value is -3.36. The summed E-state index contributed by atoms with van der Waals surface area (Å²) in [4.78, 5) is 32.3. The van der Waals surface area contributed by atoms with Crippen molar-refractivity contribution in [2.45, 2.75) is 26.7 Å². The maximum Gasteiger partial charge on any atom is 0.269 e. The number of amides is 2. The molecule has 2 aromatic heterocycles. The third kappa shape index (κ3) is 3.66. The molecule has 0 fully saturated rings. The number of hydrazine groups is 1. The highest BCUT2D eigenvalue weighted by Gasteiger charge is 2.13. The van der Waals surface area contributed by atoms with Crippen molar-refractivity contribution in [1.82, 2.24) is 30.4 Å². The Labute approximate surface area is 148 Å². The minimum atomic E-state index is -0.517. The summed E-state index contributed by atoms with van der Waals surface area (Å²) in [5, 5.41) is 4.11. The second-order valence-corrected chi connectivity index (χ2v) is 5.74. The smallest absolute Gasteiger partial charge is 0.269 e. The summed E-state index contributed by atoms with van der Waals surface area (Å²) in [7, 11) is 0. The van der Waals surface area contributed by atoms with Crippen LogP contribution in [0.1, 0.15) is 33.7 Å². The number of aryl methyl sites for hydroxylation is 2. The molecule has 0 unspecified atom stereocenters. The third-order valence-corrected chi connectivity index (χ3v) is 4.01.